The summed E-state index contributed by atoms with van der Waals surface area (Å²) in [5.41, 5.74) is 2.60. The second-order valence-electron chi connectivity index (χ2n) is 7.38. The molecule has 1 aromatic rings. The van der Waals surface area contributed by atoms with Gasteiger partial charge in [-0.15, -0.1) is 0 Å². The van der Waals surface area contributed by atoms with Crippen LogP contribution in [0.4, 0.5) is 0 Å². The van der Waals surface area contributed by atoms with Gasteiger partial charge < -0.3 is 10.1 Å². The van der Waals surface area contributed by atoms with Gasteiger partial charge in [-0.05, 0) is 56.4 Å². The van der Waals surface area contributed by atoms with Crippen molar-refractivity contribution >= 4 is 0 Å². The molecule has 2 nitrogen and oxygen atoms in total. The molecule has 3 rings (SSSR count). The first-order chi connectivity index (χ1) is 10.1. The first-order valence-corrected chi connectivity index (χ1v) is 8.60. The van der Waals surface area contributed by atoms with Gasteiger partial charge >= 0.3 is 0 Å². The van der Waals surface area contributed by atoms with Crippen molar-refractivity contribution in [2.24, 2.45) is 11.8 Å². The lowest BCUT2D eigenvalue weighted by molar-refractivity contribution is 0.0992. The molecule has 2 unspecified atom stereocenters. The monoisotopic (exact) mass is 287 g/mol. The summed E-state index contributed by atoms with van der Waals surface area (Å²) in [4.78, 5) is 0. The van der Waals surface area contributed by atoms with Crippen molar-refractivity contribution < 1.29 is 4.74 Å². The summed E-state index contributed by atoms with van der Waals surface area (Å²) in [6.45, 7) is 7.84. The Labute approximate surface area is 129 Å². The first-order valence-electron chi connectivity index (χ1n) is 8.60. The molecule has 0 radical (unpaired) electrons. The van der Waals surface area contributed by atoms with E-state index in [-0.39, 0.29) is 0 Å². The van der Waals surface area contributed by atoms with Crippen LogP contribution in [0.5, 0.6) is 5.75 Å². The second-order valence-corrected chi connectivity index (χ2v) is 7.38. The van der Waals surface area contributed by atoms with Gasteiger partial charge in [0.05, 0.1) is 6.10 Å². The predicted molar refractivity (Wildman–Crippen MR) is 87.6 cm³/mol. The SMILES string of the molecule is Cc1cccc(CNC2CC2)c1OC1CC(C)CC(C)C1. The Kier molecular flexibility index (Phi) is 4.54. The van der Waals surface area contributed by atoms with Crippen molar-refractivity contribution in [3.05, 3.63) is 29.3 Å². The van der Waals surface area contributed by atoms with Crippen LogP contribution >= 0.6 is 0 Å². The van der Waals surface area contributed by atoms with Crippen LogP contribution in [0.15, 0.2) is 18.2 Å². The molecule has 0 aliphatic heterocycles. The highest BCUT2D eigenvalue weighted by Crippen LogP contribution is 2.34. The van der Waals surface area contributed by atoms with Crippen LogP contribution in [0.2, 0.25) is 0 Å². The van der Waals surface area contributed by atoms with Gasteiger partial charge in [-0.25, -0.2) is 0 Å². The summed E-state index contributed by atoms with van der Waals surface area (Å²) in [6.07, 6.45) is 6.82. The van der Waals surface area contributed by atoms with Crippen LogP contribution in [0.1, 0.15) is 57.1 Å². The van der Waals surface area contributed by atoms with E-state index < -0.39 is 0 Å². The van der Waals surface area contributed by atoms with Gasteiger partial charge in [-0.2, -0.15) is 0 Å². The summed E-state index contributed by atoms with van der Waals surface area (Å²) < 4.78 is 6.47. The molecule has 1 N–H and O–H groups in total. The third-order valence-electron chi connectivity index (χ3n) is 4.87. The number of hydrogen-bond acceptors (Lipinski definition) is 2. The minimum absolute atomic E-state index is 0.393. The molecule has 2 fully saturated rings. The Morgan fingerprint density at radius 2 is 1.81 bits per heavy atom. The summed E-state index contributed by atoms with van der Waals surface area (Å²) >= 11 is 0. The maximum Gasteiger partial charge on any atom is 0.127 e. The molecule has 0 spiro atoms. The standard InChI is InChI=1S/C19H29NO/c1-13-9-14(2)11-18(10-13)21-19-15(3)5-4-6-16(19)12-20-17-7-8-17/h4-6,13-14,17-18,20H,7-12H2,1-3H3. The molecule has 116 valence electrons. The molecule has 2 atom stereocenters. The molecule has 0 bridgehead atoms. The summed E-state index contributed by atoms with van der Waals surface area (Å²) in [7, 11) is 0. The van der Waals surface area contributed by atoms with E-state index in [0.717, 1.165) is 30.2 Å². The fourth-order valence-corrected chi connectivity index (χ4v) is 3.70. The molecular weight excluding hydrogens is 258 g/mol. The van der Waals surface area contributed by atoms with Gasteiger partial charge in [0.15, 0.2) is 0 Å². The number of para-hydroxylation sites is 1. The van der Waals surface area contributed by atoms with Crippen LogP contribution in [0, 0.1) is 18.8 Å². The van der Waals surface area contributed by atoms with Crippen molar-refractivity contribution in [3.8, 4) is 5.75 Å². The molecule has 0 aromatic heterocycles. The smallest absolute Gasteiger partial charge is 0.127 e. The van der Waals surface area contributed by atoms with Crippen molar-refractivity contribution in [2.45, 2.75) is 71.6 Å². The van der Waals surface area contributed by atoms with E-state index in [2.05, 4.69) is 44.3 Å². The largest absolute Gasteiger partial charge is 0.490 e. The quantitative estimate of drug-likeness (QED) is 0.864. The van der Waals surface area contributed by atoms with Gasteiger partial charge in [-0.3, -0.25) is 0 Å². The highest BCUT2D eigenvalue weighted by molar-refractivity contribution is 5.41. The molecule has 2 saturated carbocycles. The van der Waals surface area contributed by atoms with Crippen LogP contribution in [-0.2, 0) is 6.54 Å². The van der Waals surface area contributed by atoms with Crippen LogP contribution < -0.4 is 10.1 Å². The van der Waals surface area contributed by atoms with Gasteiger partial charge in [-0.1, -0.05) is 32.0 Å². The van der Waals surface area contributed by atoms with E-state index >= 15 is 0 Å². The maximum atomic E-state index is 6.47. The van der Waals surface area contributed by atoms with Crippen molar-refractivity contribution in [1.29, 1.82) is 0 Å². The van der Waals surface area contributed by atoms with Crippen molar-refractivity contribution in [1.82, 2.24) is 5.32 Å². The zero-order valence-corrected chi connectivity index (χ0v) is 13.7. The number of benzene rings is 1. The fourth-order valence-electron chi connectivity index (χ4n) is 3.70. The number of nitrogens with one attached hydrogen (secondary N) is 1. The Hall–Kier alpha value is -1.02. The molecule has 0 saturated heterocycles. The van der Waals surface area contributed by atoms with E-state index in [1.54, 1.807) is 0 Å². The number of hydrogen-bond donors (Lipinski definition) is 1. The Morgan fingerprint density at radius 1 is 1.10 bits per heavy atom. The van der Waals surface area contributed by atoms with Gasteiger partial charge in [0, 0.05) is 18.2 Å². The average Bonchev–Trinajstić information content (AvgIpc) is 3.22. The van der Waals surface area contributed by atoms with Gasteiger partial charge in [0.25, 0.3) is 0 Å². The maximum absolute atomic E-state index is 6.47. The second kappa shape index (κ2) is 6.39. The Balaban J connectivity index is 1.70. The van der Waals surface area contributed by atoms with Crippen molar-refractivity contribution in [2.75, 3.05) is 0 Å². The molecule has 0 heterocycles. The summed E-state index contributed by atoms with van der Waals surface area (Å²) in [6, 6.07) is 7.28. The highest BCUT2D eigenvalue weighted by atomic mass is 16.5. The topological polar surface area (TPSA) is 21.3 Å². The van der Waals surface area contributed by atoms with Crippen molar-refractivity contribution in [3.63, 3.8) is 0 Å². The van der Waals surface area contributed by atoms with E-state index in [9.17, 15) is 0 Å². The van der Waals surface area contributed by atoms with E-state index in [1.807, 2.05) is 0 Å². The number of aryl methyl sites for hydroxylation is 1. The van der Waals surface area contributed by atoms with E-state index in [4.69, 9.17) is 4.74 Å². The lowest BCUT2D eigenvalue weighted by Gasteiger charge is -2.32. The highest BCUT2D eigenvalue weighted by Gasteiger charge is 2.26. The molecule has 1 aromatic carbocycles. The summed E-state index contributed by atoms with van der Waals surface area (Å²) in [5.74, 6) is 2.71. The van der Waals surface area contributed by atoms with Crippen LogP contribution in [-0.4, -0.2) is 12.1 Å². The molecular formula is C19H29NO. The Bertz CT molecular complexity index is 470. The zero-order valence-electron chi connectivity index (χ0n) is 13.7. The van der Waals surface area contributed by atoms with Crippen LogP contribution in [0.3, 0.4) is 0 Å². The zero-order chi connectivity index (χ0) is 14.8. The lowest BCUT2D eigenvalue weighted by Crippen LogP contribution is -2.29. The summed E-state index contributed by atoms with van der Waals surface area (Å²) in [5, 5.41) is 3.62. The van der Waals surface area contributed by atoms with Gasteiger partial charge in [0.1, 0.15) is 5.75 Å². The first kappa shape index (κ1) is 14.9. The molecule has 0 amide bonds. The fraction of sp³-hybridized carbons (Fsp3) is 0.684. The molecule has 2 heteroatoms. The number of ether oxygens (including phenoxy) is 1. The predicted octanol–water partition coefficient (Wildman–Crippen LogP) is 4.45. The van der Waals surface area contributed by atoms with E-state index in [0.29, 0.717) is 6.10 Å². The third kappa shape index (κ3) is 4.00. The van der Waals surface area contributed by atoms with Crippen LogP contribution in [0.25, 0.3) is 0 Å². The molecule has 2 aliphatic carbocycles. The number of rotatable bonds is 5. The van der Waals surface area contributed by atoms with Gasteiger partial charge in [0.2, 0.25) is 0 Å². The normalized spacial score (nSPS) is 29.4. The average molecular weight is 287 g/mol. The third-order valence-corrected chi connectivity index (χ3v) is 4.87. The molecule has 21 heavy (non-hydrogen) atoms. The minimum Gasteiger partial charge on any atom is -0.490 e. The molecule has 2 aliphatic rings. The van der Waals surface area contributed by atoms with E-state index in [1.165, 1.54) is 43.2 Å². The minimum atomic E-state index is 0.393. The Morgan fingerprint density at radius 3 is 2.48 bits per heavy atom. The lowest BCUT2D eigenvalue weighted by atomic mass is 9.82.